The van der Waals surface area contributed by atoms with Gasteiger partial charge in [-0.1, -0.05) is 18.2 Å². The summed E-state index contributed by atoms with van der Waals surface area (Å²) in [4.78, 5) is 36.5. The third kappa shape index (κ3) is 5.94. The molecule has 0 radical (unpaired) electrons. The van der Waals surface area contributed by atoms with Crippen LogP contribution >= 0.6 is 0 Å². The molecule has 8 heteroatoms. The van der Waals surface area contributed by atoms with Crippen molar-refractivity contribution in [3.8, 4) is 0 Å². The first-order chi connectivity index (χ1) is 12.6. The first-order valence-electron chi connectivity index (χ1n) is 8.83. The number of amides is 2. The molecular weight excluding hydrogens is 355 g/mol. The number of carbonyl (C=O) groups is 3. The summed E-state index contributed by atoms with van der Waals surface area (Å²) in [6, 6.07) is 4.48. The van der Waals surface area contributed by atoms with Crippen molar-refractivity contribution in [2.45, 2.75) is 57.7 Å². The van der Waals surface area contributed by atoms with Gasteiger partial charge >= 0.3 is 12.1 Å². The molecule has 2 N–H and O–H groups in total. The molecule has 2 rings (SSSR count). The Kier molecular flexibility index (Phi) is 6.41. The number of hydrogen-bond donors (Lipinski definition) is 2. The van der Waals surface area contributed by atoms with Crippen LogP contribution in [0.3, 0.4) is 0 Å². The molecule has 0 aliphatic heterocycles. The van der Waals surface area contributed by atoms with Crippen molar-refractivity contribution in [3.05, 3.63) is 35.6 Å². The lowest BCUT2D eigenvalue weighted by Crippen LogP contribution is -2.53. The normalized spacial score (nSPS) is 19.6. The van der Waals surface area contributed by atoms with Crippen LogP contribution in [0.1, 0.15) is 45.6 Å². The maximum atomic E-state index is 13.8. The van der Waals surface area contributed by atoms with Gasteiger partial charge in [-0.15, -0.1) is 0 Å². The molecule has 1 aliphatic rings. The molecule has 0 spiro atoms. The predicted molar refractivity (Wildman–Crippen MR) is 95.5 cm³/mol. The number of benzene rings is 1. The molecule has 27 heavy (non-hydrogen) atoms. The first-order valence-corrected chi connectivity index (χ1v) is 8.83. The van der Waals surface area contributed by atoms with E-state index < -0.39 is 29.6 Å². The summed E-state index contributed by atoms with van der Waals surface area (Å²) in [6.07, 6.45) is -0.355. The van der Waals surface area contributed by atoms with Crippen molar-refractivity contribution in [3.63, 3.8) is 0 Å². The topological polar surface area (TPSA) is 93.7 Å². The van der Waals surface area contributed by atoms with Crippen LogP contribution in [0.25, 0.3) is 0 Å². The Morgan fingerprint density at radius 1 is 1.26 bits per heavy atom. The molecule has 1 aliphatic carbocycles. The molecule has 0 bridgehead atoms. The van der Waals surface area contributed by atoms with E-state index in [1.807, 2.05) is 0 Å². The van der Waals surface area contributed by atoms with Gasteiger partial charge in [-0.3, -0.25) is 10.1 Å². The van der Waals surface area contributed by atoms with Crippen LogP contribution < -0.4 is 10.6 Å². The maximum absolute atomic E-state index is 13.8. The van der Waals surface area contributed by atoms with Crippen molar-refractivity contribution in [1.29, 1.82) is 0 Å². The molecule has 0 aromatic heterocycles. The second-order valence-corrected chi connectivity index (χ2v) is 7.31. The van der Waals surface area contributed by atoms with Gasteiger partial charge in [-0.2, -0.15) is 0 Å². The minimum absolute atomic E-state index is 0.0554. The highest BCUT2D eigenvalue weighted by Gasteiger charge is 2.43. The number of rotatable bonds is 6. The number of alkyl carbamates (subject to hydrolysis) is 1. The molecule has 1 fully saturated rings. The zero-order chi connectivity index (χ0) is 20.2. The largest absolute Gasteiger partial charge is 0.464 e. The monoisotopic (exact) mass is 380 g/mol. The van der Waals surface area contributed by atoms with E-state index in [9.17, 15) is 18.8 Å². The average Bonchev–Trinajstić information content (AvgIpc) is 3.30. The summed E-state index contributed by atoms with van der Waals surface area (Å²) in [6.45, 7) is 6.63. The molecule has 0 heterocycles. The van der Waals surface area contributed by atoms with Crippen molar-refractivity contribution in [2.24, 2.45) is 0 Å². The molecule has 3 atom stereocenters. The average molecular weight is 380 g/mol. The number of esters is 1. The predicted octanol–water partition coefficient (Wildman–Crippen LogP) is 2.25. The van der Waals surface area contributed by atoms with Crippen LogP contribution in [0.4, 0.5) is 9.18 Å². The Balaban J connectivity index is 2.01. The molecule has 1 saturated carbocycles. The first kappa shape index (κ1) is 20.7. The van der Waals surface area contributed by atoms with Gasteiger partial charge in [0.25, 0.3) is 5.91 Å². The van der Waals surface area contributed by atoms with E-state index >= 15 is 0 Å². The van der Waals surface area contributed by atoms with E-state index in [0.29, 0.717) is 12.0 Å². The number of carbonyl (C=O) groups excluding carboxylic acids is 3. The van der Waals surface area contributed by atoms with Crippen LogP contribution in [0, 0.1) is 5.82 Å². The van der Waals surface area contributed by atoms with Crippen molar-refractivity contribution < 1.29 is 28.2 Å². The Hall–Kier alpha value is -2.64. The van der Waals surface area contributed by atoms with E-state index in [2.05, 4.69) is 10.6 Å². The van der Waals surface area contributed by atoms with Gasteiger partial charge in [-0.05, 0) is 45.7 Å². The van der Waals surface area contributed by atoms with E-state index in [4.69, 9.17) is 9.47 Å². The van der Waals surface area contributed by atoms with Gasteiger partial charge in [-0.25, -0.2) is 14.0 Å². The summed E-state index contributed by atoms with van der Waals surface area (Å²) < 4.78 is 23.8. The molecule has 148 valence electrons. The fourth-order valence-electron chi connectivity index (χ4n) is 2.62. The van der Waals surface area contributed by atoms with Gasteiger partial charge in [0, 0.05) is 12.0 Å². The summed E-state index contributed by atoms with van der Waals surface area (Å²) in [5.41, 5.74) is -0.276. The van der Waals surface area contributed by atoms with Gasteiger partial charge < -0.3 is 14.8 Å². The fourth-order valence-corrected chi connectivity index (χ4v) is 2.62. The smallest absolute Gasteiger partial charge is 0.408 e. The van der Waals surface area contributed by atoms with Crippen molar-refractivity contribution in [1.82, 2.24) is 10.6 Å². The maximum Gasteiger partial charge on any atom is 0.408 e. The highest BCUT2D eigenvalue weighted by atomic mass is 19.1. The molecular formula is C19H25FN2O5. The van der Waals surface area contributed by atoms with Crippen molar-refractivity contribution in [2.75, 3.05) is 6.61 Å². The number of nitrogens with one attached hydrogen (secondary N) is 2. The highest BCUT2D eigenvalue weighted by Crippen LogP contribution is 2.41. The van der Waals surface area contributed by atoms with Crippen LogP contribution in [0.5, 0.6) is 0 Å². The SMILES string of the molecule is CCOC(=O)[C@H](NC(=O)OC(C)(C)C)C(=O)N[C@@H]1C[C@@H]1c1ccccc1F. The summed E-state index contributed by atoms with van der Waals surface area (Å²) in [5, 5.41) is 4.90. The third-order valence-corrected chi connectivity index (χ3v) is 3.87. The molecule has 0 unspecified atom stereocenters. The van der Waals surface area contributed by atoms with E-state index in [1.165, 1.54) is 6.07 Å². The van der Waals surface area contributed by atoms with Crippen LogP contribution in [-0.2, 0) is 19.1 Å². The lowest BCUT2D eigenvalue weighted by atomic mass is 10.1. The minimum Gasteiger partial charge on any atom is -0.464 e. The van der Waals surface area contributed by atoms with Gasteiger partial charge in [0.2, 0.25) is 6.04 Å². The quantitative estimate of drug-likeness (QED) is 0.583. The summed E-state index contributed by atoms with van der Waals surface area (Å²) in [5.74, 6) is -2.11. The number of halogens is 1. The fraction of sp³-hybridized carbons (Fsp3) is 0.526. The Bertz CT molecular complexity index is 716. The van der Waals surface area contributed by atoms with E-state index in [1.54, 1.807) is 45.9 Å². The van der Waals surface area contributed by atoms with E-state index in [0.717, 1.165) is 0 Å². The second kappa shape index (κ2) is 8.37. The number of ether oxygens (including phenoxy) is 2. The lowest BCUT2D eigenvalue weighted by Gasteiger charge is -2.22. The molecule has 7 nitrogen and oxygen atoms in total. The van der Waals surface area contributed by atoms with Crippen molar-refractivity contribution >= 4 is 18.0 Å². The number of hydrogen-bond acceptors (Lipinski definition) is 5. The van der Waals surface area contributed by atoms with Crippen LogP contribution in [0.2, 0.25) is 0 Å². The van der Waals surface area contributed by atoms with Gasteiger partial charge in [0.15, 0.2) is 0 Å². The van der Waals surface area contributed by atoms with Gasteiger partial charge in [0.1, 0.15) is 11.4 Å². The summed E-state index contributed by atoms with van der Waals surface area (Å²) >= 11 is 0. The van der Waals surface area contributed by atoms with E-state index in [-0.39, 0.29) is 24.4 Å². The zero-order valence-corrected chi connectivity index (χ0v) is 15.9. The minimum atomic E-state index is -1.54. The summed E-state index contributed by atoms with van der Waals surface area (Å²) in [7, 11) is 0. The Morgan fingerprint density at radius 2 is 1.93 bits per heavy atom. The van der Waals surface area contributed by atoms with Crippen LogP contribution in [-0.4, -0.2) is 42.3 Å². The molecule has 2 amide bonds. The standard InChI is InChI=1S/C19H25FN2O5/c1-5-26-17(24)15(22-18(25)27-19(2,3)4)16(23)21-14-10-12(14)11-8-6-7-9-13(11)20/h6-9,12,14-15H,5,10H2,1-4H3,(H,21,23)(H,22,25)/t12-,14-,15-/m1/s1. The third-order valence-electron chi connectivity index (χ3n) is 3.87. The molecule has 1 aromatic rings. The zero-order valence-electron chi connectivity index (χ0n) is 15.9. The van der Waals surface area contributed by atoms with Crippen LogP contribution in [0.15, 0.2) is 24.3 Å². The Labute approximate surface area is 157 Å². The molecule has 0 saturated heterocycles. The molecule has 1 aromatic carbocycles. The highest BCUT2D eigenvalue weighted by molar-refractivity contribution is 6.04. The lowest BCUT2D eigenvalue weighted by molar-refractivity contribution is -0.149. The van der Waals surface area contributed by atoms with Gasteiger partial charge in [0.05, 0.1) is 6.61 Å². The Morgan fingerprint density at radius 3 is 2.52 bits per heavy atom. The second-order valence-electron chi connectivity index (χ2n) is 7.31.